The van der Waals surface area contributed by atoms with Crippen LogP contribution in [0, 0.1) is 22.7 Å². The van der Waals surface area contributed by atoms with E-state index in [0.29, 0.717) is 11.3 Å². The first-order chi connectivity index (χ1) is 5.78. The Kier molecular flexibility index (Phi) is 1.07. The van der Waals surface area contributed by atoms with Crippen molar-refractivity contribution in [3.05, 3.63) is 0 Å². The van der Waals surface area contributed by atoms with Crippen molar-refractivity contribution in [3.63, 3.8) is 0 Å². The molecule has 64 valence electrons. The van der Waals surface area contributed by atoms with Gasteiger partial charge in [-0.3, -0.25) is 4.90 Å². The zero-order valence-corrected chi connectivity index (χ0v) is 7.45. The fraction of sp³-hybridized carbons (Fsp3) is 0.900. The van der Waals surface area contributed by atoms with Crippen LogP contribution < -0.4 is 0 Å². The minimum atomic E-state index is 0.364. The maximum absolute atomic E-state index is 8.87. The van der Waals surface area contributed by atoms with Gasteiger partial charge in [0.05, 0.1) is 6.07 Å². The van der Waals surface area contributed by atoms with Crippen molar-refractivity contribution < 1.29 is 0 Å². The Morgan fingerprint density at radius 3 is 2.83 bits per heavy atom. The summed E-state index contributed by atoms with van der Waals surface area (Å²) in [5, 5.41) is 8.87. The van der Waals surface area contributed by atoms with Crippen LogP contribution in [0.4, 0.5) is 0 Å². The summed E-state index contributed by atoms with van der Waals surface area (Å²) in [4.78, 5) is 2.50. The number of piperidine rings is 1. The number of nitriles is 1. The second-order valence-electron chi connectivity index (χ2n) is 4.73. The lowest BCUT2D eigenvalue weighted by molar-refractivity contribution is -0.174. The number of hydrogen-bond acceptors (Lipinski definition) is 2. The molecule has 0 amide bonds. The monoisotopic (exact) mass is 162 g/mol. The second-order valence-corrected chi connectivity index (χ2v) is 4.73. The third kappa shape index (κ3) is 0.508. The third-order valence-electron chi connectivity index (χ3n) is 4.51. The average molecular weight is 162 g/mol. The van der Waals surface area contributed by atoms with E-state index in [2.05, 4.69) is 18.0 Å². The molecule has 0 N–H and O–H groups in total. The van der Waals surface area contributed by atoms with Crippen LogP contribution >= 0.6 is 0 Å². The molecule has 2 heteroatoms. The van der Waals surface area contributed by atoms with E-state index in [0.717, 1.165) is 18.5 Å². The number of rotatable bonds is 0. The van der Waals surface area contributed by atoms with Gasteiger partial charge in [0.2, 0.25) is 0 Å². The van der Waals surface area contributed by atoms with Crippen molar-refractivity contribution in [3.8, 4) is 6.07 Å². The molecule has 2 saturated carbocycles. The molecule has 0 aromatic carbocycles. The van der Waals surface area contributed by atoms with E-state index in [1.807, 2.05) is 0 Å². The highest BCUT2D eigenvalue weighted by Gasteiger charge is 2.67. The van der Waals surface area contributed by atoms with Gasteiger partial charge < -0.3 is 0 Å². The topological polar surface area (TPSA) is 27.0 Å². The Morgan fingerprint density at radius 2 is 2.33 bits per heavy atom. The summed E-state index contributed by atoms with van der Waals surface area (Å²) < 4.78 is 0. The third-order valence-corrected chi connectivity index (χ3v) is 4.51. The van der Waals surface area contributed by atoms with Gasteiger partial charge >= 0.3 is 0 Å². The molecule has 3 fully saturated rings. The van der Waals surface area contributed by atoms with Gasteiger partial charge in [0.1, 0.15) is 0 Å². The van der Waals surface area contributed by atoms with Crippen molar-refractivity contribution >= 4 is 0 Å². The highest BCUT2D eigenvalue weighted by atomic mass is 15.3. The fourth-order valence-electron chi connectivity index (χ4n) is 3.87. The fourth-order valence-corrected chi connectivity index (χ4v) is 3.87. The highest BCUT2D eigenvalue weighted by Crippen LogP contribution is 2.65. The summed E-state index contributed by atoms with van der Waals surface area (Å²) in [6.45, 7) is 0. The summed E-state index contributed by atoms with van der Waals surface area (Å²) in [6.07, 6.45) is 5.11. The molecule has 2 aliphatic carbocycles. The van der Waals surface area contributed by atoms with Crippen LogP contribution in [0.2, 0.25) is 0 Å². The van der Waals surface area contributed by atoms with Crippen LogP contribution in [0.5, 0.6) is 0 Å². The maximum Gasteiger partial charge on any atom is 0.0656 e. The van der Waals surface area contributed by atoms with Crippen molar-refractivity contribution in [1.82, 2.24) is 4.90 Å². The Labute approximate surface area is 73.2 Å². The van der Waals surface area contributed by atoms with Crippen LogP contribution in [0.3, 0.4) is 0 Å². The van der Waals surface area contributed by atoms with E-state index in [1.54, 1.807) is 0 Å². The molecular weight excluding hydrogens is 148 g/mol. The van der Waals surface area contributed by atoms with Gasteiger partial charge in [-0.15, -0.1) is 0 Å². The van der Waals surface area contributed by atoms with Crippen LogP contribution in [0.25, 0.3) is 0 Å². The molecule has 1 heterocycles. The first kappa shape index (κ1) is 6.91. The van der Waals surface area contributed by atoms with E-state index in [4.69, 9.17) is 5.26 Å². The van der Waals surface area contributed by atoms with Crippen molar-refractivity contribution in [2.75, 3.05) is 7.05 Å². The number of likely N-dealkylation sites (tertiary alicyclic amines) is 1. The Morgan fingerprint density at radius 1 is 1.50 bits per heavy atom. The van der Waals surface area contributed by atoms with Gasteiger partial charge in [-0.1, -0.05) is 0 Å². The number of nitrogens with zero attached hydrogens (tertiary/aromatic N) is 2. The molecule has 2 nitrogen and oxygen atoms in total. The predicted molar refractivity (Wildman–Crippen MR) is 45.3 cm³/mol. The molecule has 12 heavy (non-hydrogen) atoms. The maximum atomic E-state index is 8.87. The second kappa shape index (κ2) is 1.85. The van der Waals surface area contributed by atoms with E-state index in [9.17, 15) is 0 Å². The Hall–Kier alpha value is -0.550. The van der Waals surface area contributed by atoms with Gasteiger partial charge in [0.25, 0.3) is 0 Å². The summed E-state index contributed by atoms with van der Waals surface area (Å²) >= 11 is 0. The molecule has 1 saturated heterocycles. The summed E-state index contributed by atoms with van der Waals surface area (Å²) in [5.41, 5.74) is 0.620. The Balaban J connectivity index is 1.88. The summed E-state index contributed by atoms with van der Waals surface area (Å²) in [5.74, 6) is 0.364. The van der Waals surface area contributed by atoms with Gasteiger partial charge in [-0.05, 0) is 32.7 Å². The normalized spacial score (nSPS) is 56.2. The van der Waals surface area contributed by atoms with E-state index in [1.165, 1.54) is 19.3 Å². The SMILES string of the molecule is CN1C2CCC23CC(C#N)CC13. The summed E-state index contributed by atoms with van der Waals surface area (Å²) in [6, 6.07) is 4.05. The quantitative estimate of drug-likeness (QED) is 0.538. The first-order valence-corrected chi connectivity index (χ1v) is 4.89. The van der Waals surface area contributed by atoms with Crippen LogP contribution in [-0.2, 0) is 0 Å². The highest BCUT2D eigenvalue weighted by molar-refractivity contribution is 5.23. The first-order valence-electron chi connectivity index (χ1n) is 4.89. The van der Waals surface area contributed by atoms with Crippen molar-refractivity contribution in [1.29, 1.82) is 5.26 Å². The summed E-state index contributed by atoms with van der Waals surface area (Å²) in [7, 11) is 2.23. The van der Waals surface area contributed by atoms with E-state index in [-0.39, 0.29) is 0 Å². The molecule has 4 unspecified atom stereocenters. The minimum Gasteiger partial charge on any atom is -0.299 e. The van der Waals surface area contributed by atoms with Crippen LogP contribution in [-0.4, -0.2) is 24.0 Å². The molecule has 0 aromatic heterocycles. The minimum absolute atomic E-state index is 0.364. The standard InChI is InChI=1S/C10H14N2/c1-12-8-2-3-10(8)5-7(6-11)4-9(10)12/h7-9H,2-5H2,1H3. The van der Waals surface area contributed by atoms with Crippen LogP contribution in [0.15, 0.2) is 0 Å². The van der Waals surface area contributed by atoms with Gasteiger partial charge in [0, 0.05) is 23.4 Å². The smallest absolute Gasteiger partial charge is 0.0656 e. The lowest BCUT2D eigenvalue weighted by Gasteiger charge is -2.67. The molecule has 3 rings (SSSR count). The molecule has 4 atom stereocenters. The lowest BCUT2D eigenvalue weighted by Crippen LogP contribution is -2.73. The van der Waals surface area contributed by atoms with Crippen molar-refractivity contribution in [2.45, 2.75) is 37.8 Å². The largest absolute Gasteiger partial charge is 0.299 e. The zero-order valence-electron chi connectivity index (χ0n) is 7.45. The van der Waals surface area contributed by atoms with E-state index >= 15 is 0 Å². The van der Waals surface area contributed by atoms with Gasteiger partial charge in [-0.2, -0.15) is 5.26 Å². The van der Waals surface area contributed by atoms with Crippen molar-refractivity contribution in [2.24, 2.45) is 11.3 Å². The molecule has 1 spiro atoms. The Bertz CT molecular complexity index is 268. The number of hydrogen-bond donors (Lipinski definition) is 0. The lowest BCUT2D eigenvalue weighted by atomic mass is 9.53. The molecule has 0 radical (unpaired) electrons. The molecule has 1 aliphatic heterocycles. The predicted octanol–water partition coefficient (Wildman–Crippen LogP) is 1.38. The van der Waals surface area contributed by atoms with Gasteiger partial charge in [0.15, 0.2) is 0 Å². The van der Waals surface area contributed by atoms with Crippen LogP contribution in [0.1, 0.15) is 25.7 Å². The molecular formula is C10H14N2. The van der Waals surface area contributed by atoms with Gasteiger partial charge in [-0.25, -0.2) is 0 Å². The average Bonchev–Trinajstić information content (AvgIpc) is 2.41. The molecule has 0 bridgehead atoms. The zero-order chi connectivity index (χ0) is 8.34. The van der Waals surface area contributed by atoms with E-state index < -0.39 is 0 Å². The molecule has 3 aliphatic rings. The molecule has 0 aromatic rings.